The standard InChI is InChI=1S/C14H29N3O/c1-2-13(4-6-15)16-7-3-8-17(10-9-16)14-5-11-18-12-14/h13-14H,2-12,15H2,1H3. The minimum atomic E-state index is 0.680. The zero-order valence-electron chi connectivity index (χ0n) is 11.8. The molecule has 2 aliphatic heterocycles. The first-order chi connectivity index (χ1) is 8.85. The Hall–Kier alpha value is -0.160. The molecule has 0 spiro atoms. The predicted molar refractivity (Wildman–Crippen MR) is 74.7 cm³/mol. The maximum Gasteiger partial charge on any atom is 0.0622 e. The number of rotatable bonds is 5. The van der Waals surface area contributed by atoms with Crippen LogP contribution < -0.4 is 5.73 Å². The van der Waals surface area contributed by atoms with Gasteiger partial charge in [-0.25, -0.2) is 0 Å². The molecular formula is C14H29N3O. The Bertz CT molecular complexity index is 231. The molecule has 2 atom stereocenters. The molecule has 2 aliphatic rings. The van der Waals surface area contributed by atoms with Crippen molar-refractivity contribution in [2.75, 3.05) is 45.9 Å². The number of hydrogen-bond donors (Lipinski definition) is 1. The van der Waals surface area contributed by atoms with Gasteiger partial charge in [0.15, 0.2) is 0 Å². The molecule has 4 nitrogen and oxygen atoms in total. The van der Waals surface area contributed by atoms with Crippen molar-refractivity contribution in [1.29, 1.82) is 0 Å². The van der Waals surface area contributed by atoms with Gasteiger partial charge in [-0.3, -0.25) is 9.80 Å². The lowest BCUT2D eigenvalue weighted by atomic mass is 10.1. The van der Waals surface area contributed by atoms with Crippen molar-refractivity contribution in [2.45, 2.75) is 44.7 Å². The summed E-state index contributed by atoms with van der Waals surface area (Å²) in [5.74, 6) is 0. The zero-order chi connectivity index (χ0) is 12.8. The third-order valence-electron chi connectivity index (χ3n) is 4.47. The summed E-state index contributed by atoms with van der Waals surface area (Å²) in [5, 5.41) is 0. The van der Waals surface area contributed by atoms with Gasteiger partial charge in [0, 0.05) is 31.8 Å². The van der Waals surface area contributed by atoms with Gasteiger partial charge in [0.25, 0.3) is 0 Å². The zero-order valence-corrected chi connectivity index (χ0v) is 11.8. The van der Waals surface area contributed by atoms with E-state index in [0.29, 0.717) is 12.1 Å². The van der Waals surface area contributed by atoms with Crippen LogP contribution in [0.15, 0.2) is 0 Å². The third kappa shape index (κ3) is 3.67. The van der Waals surface area contributed by atoms with Crippen LogP contribution in [0.3, 0.4) is 0 Å². The van der Waals surface area contributed by atoms with Crippen LogP contribution in [0.4, 0.5) is 0 Å². The quantitative estimate of drug-likeness (QED) is 0.793. The molecule has 2 rings (SSSR count). The van der Waals surface area contributed by atoms with E-state index in [1.165, 1.54) is 45.4 Å². The first-order valence-electron chi connectivity index (χ1n) is 7.61. The Labute approximate surface area is 111 Å². The highest BCUT2D eigenvalue weighted by atomic mass is 16.5. The summed E-state index contributed by atoms with van der Waals surface area (Å²) in [6.45, 7) is 9.88. The van der Waals surface area contributed by atoms with Gasteiger partial charge in [0.2, 0.25) is 0 Å². The molecule has 2 fully saturated rings. The molecule has 0 aliphatic carbocycles. The lowest BCUT2D eigenvalue weighted by Crippen LogP contribution is -2.41. The van der Waals surface area contributed by atoms with Gasteiger partial charge in [-0.15, -0.1) is 0 Å². The van der Waals surface area contributed by atoms with E-state index in [4.69, 9.17) is 10.5 Å². The number of nitrogens with zero attached hydrogens (tertiary/aromatic N) is 2. The molecule has 0 amide bonds. The van der Waals surface area contributed by atoms with E-state index >= 15 is 0 Å². The normalized spacial score (nSPS) is 29.3. The summed E-state index contributed by atoms with van der Waals surface area (Å²) in [5.41, 5.74) is 5.72. The van der Waals surface area contributed by atoms with Crippen LogP contribution in [0.25, 0.3) is 0 Å². The van der Waals surface area contributed by atoms with Crippen molar-refractivity contribution in [1.82, 2.24) is 9.80 Å². The summed E-state index contributed by atoms with van der Waals surface area (Å²) in [7, 11) is 0. The fourth-order valence-electron chi connectivity index (χ4n) is 3.34. The Kier molecular flexibility index (Phi) is 5.89. The van der Waals surface area contributed by atoms with Crippen molar-refractivity contribution < 1.29 is 4.74 Å². The highest BCUT2D eigenvalue weighted by Gasteiger charge is 2.26. The molecule has 2 heterocycles. The maximum atomic E-state index is 5.72. The lowest BCUT2D eigenvalue weighted by molar-refractivity contribution is 0.140. The van der Waals surface area contributed by atoms with E-state index in [9.17, 15) is 0 Å². The highest BCUT2D eigenvalue weighted by molar-refractivity contribution is 4.81. The molecule has 0 bridgehead atoms. The number of ether oxygens (including phenoxy) is 1. The summed E-state index contributed by atoms with van der Waals surface area (Å²) in [6, 6.07) is 1.37. The Balaban J connectivity index is 1.83. The van der Waals surface area contributed by atoms with Gasteiger partial charge in [-0.1, -0.05) is 6.92 Å². The SMILES string of the molecule is CCC(CCN)N1CCCN(C2CCOC2)CC1. The largest absolute Gasteiger partial charge is 0.380 e. The second-order valence-corrected chi connectivity index (χ2v) is 5.58. The van der Waals surface area contributed by atoms with Crippen LogP contribution in [0.1, 0.15) is 32.6 Å². The van der Waals surface area contributed by atoms with Gasteiger partial charge >= 0.3 is 0 Å². The van der Waals surface area contributed by atoms with Crippen molar-refractivity contribution in [3.8, 4) is 0 Å². The summed E-state index contributed by atoms with van der Waals surface area (Å²) in [6.07, 6.45) is 4.88. The molecule has 0 aromatic heterocycles. The van der Waals surface area contributed by atoms with Gasteiger partial charge in [0.1, 0.15) is 0 Å². The fraction of sp³-hybridized carbons (Fsp3) is 1.00. The molecule has 2 unspecified atom stereocenters. The monoisotopic (exact) mass is 255 g/mol. The summed E-state index contributed by atoms with van der Waals surface area (Å²) < 4.78 is 5.51. The Morgan fingerprint density at radius 1 is 1.28 bits per heavy atom. The minimum Gasteiger partial charge on any atom is -0.380 e. The third-order valence-corrected chi connectivity index (χ3v) is 4.47. The van der Waals surface area contributed by atoms with Gasteiger partial charge in [-0.05, 0) is 45.3 Å². The number of nitrogens with two attached hydrogens (primary N) is 1. The molecule has 0 saturated carbocycles. The number of hydrogen-bond acceptors (Lipinski definition) is 4. The van der Waals surface area contributed by atoms with Gasteiger partial charge in [0.05, 0.1) is 6.61 Å². The average Bonchev–Trinajstić information content (AvgIpc) is 2.81. The second kappa shape index (κ2) is 7.43. The van der Waals surface area contributed by atoms with E-state index in [1.54, 1.807) is 0 Å². The predicted octanol–water partition coefficient (Wildman–Crippen LogP) is 0.910. The highest BCUT2D eigenvalue weighted by Crippen LogP contribution is 2.17. The van der Waals surface area contributed by atoms with Crippen LogP contribution in [0.5, 0.6) is 0 Å². The first kappa shape index (κ1) is 14.3. The van der Waals surface area contributed by atoms with Crippen molar-refractivity contribution in [2.24, 2.45) is 5.73 Å². The van der Waals surface area contributed by atoms with Crippen LogP contribution in [0.2, 0.25) is 0 Å². The maximum absolute atomic E-state index is 5.72. The summed E-state index contributed by atoms with van der Waals surface area (Å²) in [4.78, 5) is 5.30. The van der Waals surface area contributed by atoms with Gasteiger partial charge < -0.3 is 10.5 Å². The topological polar surface area (TPSA) is 41.7 Å². The van der Waals surface area contributed by atoms with Gasteiger partial charge in [-0.2, -0.15) is 0 Å². The van der Waals surface area contributed by atoms with Crippen molar-refractivity contribution >= 4 is 0 Å². The lowest BCUT2D eigenvalue weighted by Gasteiger charge is -2.30. The van der Waals surface area contributed by atoms with Crippen LogP contribution in [0, 0.1) is 0 Å². The molecule has 0 aromatic rings. The van der Waals surface area contributed by atoms with E-state index in [1.807, 2.05) is 0 Å². The fourth-order valence-corrected chi connectivity index (χ4v) is 3.34. The Morgan fingerprint density at radius 2 is 2.17 bits per heavy atom. The molecule has 4 heteroatoms. The minimum absolute atomic E-state index is 0.680. The van der Waals surface area contributed by atoms with E-state index in [-0.39, 0.29) is 0 Å². The first-order valence-corrected chi connectivity index (χ1v) is 7.61. The average molecular weight is 255 g/mol. The molecule has 2 saturated heterocycles. The van der Waals surface area contributed by atoms with E-state index in [2.05, 4.69) is 16.7 Å². The van der Waals surface area contributed by atoms with Crippen molar-refractivity contribution in [3.63, 3.8) is 0 Å². The molecular weight excluding hydrogens is 226 g/mol. The second-order valence-electron chi connectivity index (χ2n) is 5.58. The van der Waals surface area contributed by atoms with E-state index in [0.717, 1.165) is 26.2 Å². The van der Waals surface area contributed by atoms with Crippen LogP contribution in [-0.2, 0) is 4.74 Å². The molecule has 0 radical (unpaired) electrons. The van der Waals surface area contributed by atoms with E-state index < -0.39 is 0 Å². The van der Waals surface area contributed by atoms with Crippen LogP contribution in [-0.4, -0.2) is 67.8 Å². The molecule has 106 valence electrons. The van der Waals surface area contributed by atoms with Crippen LogP contribution >= 0.6 is 0 Å². The Morgan fingerprint density at radius 3 is 2.83 bits per heavy atom. The smallest absolute Gasteiger partial charge is 0.0622 e. The van der Waals surface area contributed by atoms with Crippen molar-refractivity contribution in [3.05, 3.63) is 0 Å². The molecule has 0 aromatic carbocycles. The molecule has 2 N–H and O–H groups in total. The molecule has 18 heavy (non-hydrogen) atoms. The summed E-state index contributed by atoms with van der Waals surface area (Å²) >= 11 is 0.